The second kappa shape index (κ2) is 8.67. The highest BCUT2D eigenvalue weighted by Gasteiger charge is 2.04. The van der Waals surface area contributed by atoms with E-state index >= 15 is 0 Å². The van der Waals surface area contributed by atoms with Crippen molar-refractivity contribution in [3.63, 3.8) is 0 Å². The number of thiazole rings is 1. The molecule has 0 aliphatic rings. The molecule has 4 heteroatoms. The monoisotopic (exact) mass is 242 g/mol. The topological polar surface area (TPSA) is 34.1 Å². The van der Waals surface area contributed by atoms with Gasteiger partial charge >= 0.3 is 0 Å². The Bertz CT molecular complexity index is 252. The lowest BCUT2D eigenvalue weighted by molar-refractivity contribution is 0.128. The molecule has 1 rings (SSSR count). The first-order chi connectivity index (χ1) is 7.84. The molecule has 0 spiro atoms. The molecule has 0 amide bonds. The smallest absolute Gasteiger partial charge is 0.0794 e. The molecule has 0 aliphatic carbocycles. The van der Waals surface area contributed by atoms with Gasteiger partial charge < -0.3 is 10.1 Å². The van der Waals surface area contributed by atoms with Crippen LogP contribution in [0.1, 0.15) is 44.0 Å². The molecule has 0 saturated carbocycles. The van der Waals surface area contributed by atoms with Crippen LogP contribution in [0.3, 0.4) is 0 Å². The van der Waals surface area contributed by atoms with Crippen molar-refractivity contribution in [1.82, 2.24) is 10.3 Å². The molecule has 0 aromatic carbocycles. The maximum atomic E-state index is 5.50. The van der Waals surface area contributed by atoms with Gasteiger partial charge in [-0.15, -0.1) is 11.3 Å². The maximum Gasteiger partial charge on any atom is 0.0794 e. The molecule has 1 N–H and O–H groups in total. The third-order valence-corrected chi connectivity index (χ3v) is 3.39. The highest BCUT2D eigenvalue weighted by atomic mass is 32.1. The van der Waals surface area contributed by atoms with Crippen LogP contribution in [0.5, 0.6) is 0 Å². The first-order valence-corrected chi connectivity index (χ1v) is 6.92. The summed E-state index contributed by atoms with van der Waals surface area (Å²) < 4.78 is 5.50. The number of hydrogen-bond acceptors (Lipinski definition) is 4. The van der Waals surface area contributed by atoms with Crippen LogP contribution in [0.25, 0.3) is 0 Å². The predicted molar refractivity (Wildman–Crippen MR) is 68.9 cm³/mol. The van der Waals surface area contributed by atoms with Crippen LogP contribution >= 0.6 is 11.3 Å². The van der Waals surface area contributed by atoms with Gasteiger partial charge in [0.25, 0.3) is 0 Å². The van der Waals surface area contributed by atoms with Gasteiger partial charge in [-0.05, 0) is 26.3 Å². The van der Waals surface area contributed by atoms with Gasteiger partial charge in [-0.25, -0.2) is 0 Å². The van der Waals surface area contributed by atoms with Crippen LogP contribution in [0.15, 0.2) is 11.7 Å². The lowest BCUT2D eigenvalue weighted by Gasteiger charge is -2.11. The molecule has 0 radical (unpaired) electrons. The second-order valence-corrected chi connectivity index (χ2v) is 4.82. The van der Waals surface area contributed by atoms with Gasteiger partial charge in [0.05, 0.1) is 5.51 Å². The summed E-state index contributed by atoms with van der Waals surface area (Å²) in [5.41, 5.74) is 1.88. The molecule has 0 saturated heterocycles. The normalized spacial score (nSPS) is 12.9. The number of unbranched alkanes of at least 4 members (excludes halogenated alkanes) is 1. The zero-order chi connectivity index (χ0) is 11.6. The second-order valence-electron chi connectivity index (χ2n) is 3.90. The average molecular weight is 242 g/mol. The highest BCUT2D eigenvalue weighted by Crippen LogP contribution is 2.15. The summed E-state index contributed by atoms with van der Waals surface area (Å²) in [5, 5.41) is 3.47. The minimum atomic E-state index is 0.406. The summed E-state index contributed by atoms with van der Waals surface area (Å²) >= 11 is 1.70. The standard InChI is InChI=1S/C12H22N2OS/c1-3-4-7-15-8-5-6-14-11(2)12-9-13-10-16-12/h9-11,14H,3-8H2,1-2H3. The van der Waals surface area contributed by atoms with Gasteiger partial charge in [-0.3, -0.25) is 4.98 Å². The highest BCUT2D eigenvalue weighted by molar-refractivity contribution is 7.09. The van der Waals surface area contributed by atoms with Crippen molar-refractivity contribution < 1.29 is 4.74 Å². The summed E-state index contributed by atoms with van der Waals surface area (Å²) in [6, 6.07) is 0.406. The predicted octanol–water partition coefficient (Wildman–Crippen LogP) is 3.00. The van der Waals surface area contributed by atoms with Gasteiger partial charge in [-0.1, -0.05) is 13.3 Å². The minimum Gasteiger partial charge on any atom is -0.381 e. The van der Waals surface area contributed by atoms with Crippen LogP contribution in [0.2, 0.25) is 0 Å². The molecule has 3 nitrogen and oxygen atoms in total. The van der Waals surface area contributed by atoms with Gasteiger partial charge in [0.1, 0.15) is 0 Å². The quantitative estimate of drug-likeness (QED) is 0.676. The molecule has 1 heterocycles. The Morgan fingerprint density at radius 2 is 2.25 bits per heavy atom. The Morgan fingerprint density at radius 3 is 2.94 bits per heavy atom. The first kappa shape index (κ1) is 13.6. The van der Waals surface area contributed by atoms with Crippen LogP contribution in [-0.2, 0) is 4.74 Å². The minimum absolute atomic E-state index is 0.406. The van der Waals surface area contributed by atoms with Gasteiger partial charge in [-0.2, -0.15) is 0 Å². The van der Waals surface area contributed by atoms with Crippen molar-refractivity contribution in [3.05, 3.63) is 16.6 Å². The number of ether oxygens (including phenoxy) is 1. The number of aromatic nitrogens is 1. The zero-order valence-electron chi connectivity index (χ0n) is 10.2. The fourth-order valence-corrected chi connectivity index (χ4v) is 2.03. The van der Waals surface area contributed by atoms with Crippen LogP contribution < -0.4 is 5.32 Å². The van der Waals surface area contributed by atoms with Crippen LogP contribution in [0.4, 0.5) is 0 Å². The largest absolute Gasteiger partial charge is 0.381 e. The summed E-state index contributed by atoms with van der Waals surface area (Å²) in [5.74, 6) is 0. The van der Waals surface area contributed by atoms with E-state index in [1.54, 1.807) is 11.3 Å². The Morgan fingerprint density at radius 1 is 1.44 bits per heavy atom. The third kappa shape index (κ3) is 5.58. The SMILES string of the molecule is CCCCOCCCNC(C)c1cncs1. The van der Waals surface area contributed by atoms with Crippen molar-refractivity contribution in [2.24, 2.45) is 0 Å². The van der Waals surface area contributed by atoms with Crippen molar-refractivity contribution in [3.8, 4) is 0 Å². The van der Waals surface area contributed by atoms with E-state index in [0.29, 0.717) is 6.04 Å². The van der Waals surface area contributed by atoms with Crippen molar-refractivity contribution in [2.75, 3.05) is 19.8 Å². The summed E-state index contributed by atoms with van der Waals surface area (Å²) in [6.45, 7) is 7.13. The Kier molecular flexibility index (Phi) is 7.38. The van der Waals surface area contributed by atoms with E-state index in [-0.39, 0.29) is 0 Å². The Balaban J connectivity index is 1.95. The van der Waals surface area contributed by atoms with E-state index in [0.717, 1.165) is 26.2 Å². The summed E-state index contributed by atoms with van der Waals surface area (Å²) in [7, 11) is 0. The van der Waals surface area contributed by atoms with E-state index in [2.05, 4.69) is 24.1 Å². The third-order valence-electron chi connectivity index (χ3n) is 2.44. The molecule has 1 aromatic rings. The molecule has 1 unspecified atom stereocenters. The lowest BCUT2D eigenvalue weighted by atomic mass is 10.3. The maximum absolute atomic E-state index is 5.50. The van der Waals surface area contributed by atoms with E-state index in [9.17, 15) is 0 Å². The zero-order valence-corrected chi connectivity index (χ0v) is 11.1. The van der Waals surface area contributed by atoms with Crippen molar-refractivity contribution >= 4 is 11.3 Å². The lowest BCUT2D eigenvalue weighted by Crippen LogP contribution is -2.20. The molecular formula is C12H22N2OS. The van der Waals surface area contributed by atoms with Crippen molar-refractivity contribution in [2.45, 2.75) is 39.2 Å². The molecule has 0 bridgehead atoms. The molecule has 16 heavy (non-hydrogen) atoms. The van der Waals surface area contributed by atoms with Gasteiger partial charge in [0.15, 0.2) is 0 Å². The molecule has 1 aromatic heterocycles. The molecule has 1 atom stereocenters. The Labute approximate surface area is 102 Å². The van der Waals surface area contributed by atoms with Gasteiger partial charge in [0.2, 0.25) is 0 Å². The van der Waals surface area contributed by atoms with E-state index < -0.39 is 0 Å². The van der Waals surface area contributed by atoms with E-state index in [1.165, 1.54) is 17.7 Å². The molecule has 0 fully saturated rings. The average Bonchev–Trinajstić information content (AvgIpc) is 2.81. The fraction of sp³-hybridized carbons (Fsp3) is 0.750. The fourth-order valence-electron chi connectivity index (χ4n) is 1.38. The molecule has 0 aliphatic heterocycles. The van der Waals surface area contributed by atoms with Crippen LogP contribution in [0, 0.1) is 0 Å². The Hall–Kier alpha value is -0.450. The number of hydrogen-bond donors (Lipinski definition) is 1. The number of nitrogens with one attached hydrogen (secondary N) is 1. The molecule has 92 valence electrons. The van der Waals surface area contributed by atoms with E-state index in [4.69, 9.17) is 4.74 Å². The van der Waals surface area contributed by atoms with E-state index in [1.807, 2.05) is 11.7 Å². The first-order valence-electron chi connectivity index (χ1n) is 6.04. The number of rotatable bonds is 9. The summed E-state index contributed by atoms with van der Waals surface area (Å²) in [4.78, 5) is 5.37. The van der Waals surface area contributed by atoms with Gasteiger partial charge in [0, 0.05) is 30.3 Å². The molecular weight excluding hydrogens is 220 g/mol. The number of nitrogens with zero attached hydrogens (tertiary/aromatic N) is 1. The van der Waals surface area contributed by atoms with Crippen molar-refractivity contribution in [1.29, 1.82) is 0 Å². The summed E-state index contributed by atoms with van der Waals surface area (Å²) in [6.07, 6.45) is 5.39. The van der Waals surface area contributed by atoms with Crippen LogP contribution in [-0.4, -0.2) is 24.7 Å².